The standard InChI is InChI=1S/C24H31N5O2S/c1-16-9-11-28(12-10-16)23-26-27-24(29(23)15-18-6-5-13-31-18)32-17(2)22(30)20-14-25-21-8-4-3-7-19(20)21/h3-4,7-8,14,16-18,25H,5-6,9-13,15H2,1-2H3/t17-,18+/m1/s1. The Morgan fingerprint density at radius 3 is 2.84 bits per heavy atom. The lowest BCUT2D eigenvalue weighted by atomic mass is 10.00. The highest BCUT2D eigenvalue weighted by Crippen LogP contribution is 2.32. The van der Waals surface area contributed by atoms with Crippen molar-refractivity contribution in [3.8, 4) is 0 Å². The van der Waals surface area contributed by atoms with E-state index in [2.05, 4.69) is 31.6 Å². The molecule has 170 valence electrons. The minimum absolute atomic E-state index is 0.104. The molecule has 0 unspecified atom stereocenters. The van der Waals surface area contributed by atoms with Crippen molar-refractivity contribution in [2.24, 2.45) is 5.92 Å². The Hall–Kier alpha value is -2.32. The molecule has 0 bridgehead atoms. The van der Waals surface area contributed by atoms with Gasteiger partial charge in [0.1, 0.15) is 0 Å². The molecule has 0 radical (unpaired) electrons. The van der Waals surface area contributed by atoms with Gasteiger partial charge in [-0.15, -0.1) is 10.2 Å². The average molecular weight is 454 g/mol. The van der Waals surface area contributed by atoms with E-state index in [0.29, 0.717) is 0 Å². The summed E-state index contributed by atoms with van der Waals surface area (Å²) in [5, 5.41) is 10.6. The molecule has 2 atom stereocenters. The van der Waals surface area contributed by atoms with Gasteiger partial charge in [-0.25, -0.2) is 0 Å². The number of ketones is 1. The first-order valence-corrected chi connectivity index (χ1v) is 12.5. The first-order valence-electron chi connectivity index (χ1n) is 11.7. The Morgan fingerprint density at radius 2 is 2.06 bits per heavy atom. The molecule has 1 aromatic carbocycles. The van der Waals surface area contributed by atoms with Gasteiger partial charge in [0.05, 0.1) is 17.9 Å². The van der Waals surface area contributed by atoms with Gasteiger partial charge in [0.15, 0.2) is 10.9 Å². The summed E-state index contributed by atoms with van der Waals surface area (Å²) in [6.07, 6.45) is 6.51. The summed E-state index contributed by atoms with van der Waals surface area (Å²) < 4.78 is 8.12. The number of Topliss-reactive ketones (excluding diaryl/α,β-unsaturated/α-hetero) is 1. The molecule has 32 heavy (non-hydrogen) atoms. The van der Waals surface area contributed by atoms with Crippen molar-refractivity contribution in [3.63, 3.8) is 0 Å². The molecule has 2 aromatic heterocycles. The number of hydrogen-bond donors (Lipinski definition) is 1. The zero-order chi connectivity index (χ0) is 22.1. The monoisotopic (exact) mass is 453 g/mol. The zero-order valence-electron chi connectivity index (χ0n) is 18.8. The third-order valence-corrected chi connectivity index (χ3v) is 7.76. The Kier molecular flexibility index (Phi) is 6.24. The van der Waals surface area contributed by atoms with Gasteiger partial charge in [0, 0.05) is 42.4 Å². The third kappa shape index (κ3) is 4.30. The summed E-state index contributed by atoms with van der Waals surface area (Å²) in [4.78, 5) is 18.8. The number of ether oxygens (including phenoxy) is 1. The number of benzene rings is 1. The number of H-pyrrole nitrogens is 1. The maximum absolute atomic E-state index is 13.3. The average Bonchev–Trinajstić information content (AvgIpc) is 3.55. The second kappa shape index (κ2) is 9.27. The molecule has 0 saturated carbocycles. The number of nitrogens with one attached hydrogen (secondary N) is 1. The SMILES string of the molecule is CC1CCN(c2nnc(S[C@H](C)C(=O)c3c[nH]c4ccccc34)n2C[C@@H]2CCCO2)CC1. The van der Waals surface area contributed by atoms with Crippen LogP contribution in [0.2, 0.25) is 0 Å². The van der Waals surface area contributed by atoms with E-state index < -0.39 is 0 Å². The number of carbonyl (C=O) groups excluding carboxylic acids is 1. The second-order valence-electron chi connectivity index (χ2n) is 9.07. The normalized spacial score (nSPS) is 20.8. The second-order valence-corrected chi connectivity index (χ2v) is 10.4. The van der Waals surface area contributed by atoms with Crippen LogP contribution in [0.5, 0.6) is 0 Å². The van der Waals surface area contributed by atoms with Crippen molar-refractivity contribution >= 4 is 34.4 Å². The fraction of sp³-hybridized carbons (Fsp3) is 0.542. The van der Waals surface area contributed by atoms with Crippen LogP contribution in [-0.4, -0.2) is 56.6 Å². The van der Waals surface area contributed by atoms with Crippen molar-refractivity contribution in [2.75, 3.05) is 24.6 Å². The number of thioether (sulfide) groups is 1. The lowest BCUT2D eigenvalue weighted by molar-refractivity contribution is 0.0951. The van der Waals surface area contributed by atoms with Crippen LogP contribution >= 0.6 is 11.8 Å². The Bertz CT molecular complexity index is 1080. The topological polar surface area (TPSA) is 76.0 Å². The smallest absolute Gasteiger partial charge is 0.228 e. The minimum Gasteiger partial charge on any atom is -0.376 e. The molecule has 2 aliphatic heterocycles. The predicted octanol–water partition coefficient (Wildman–Crippen LogP) is 4.54. The van der Waals surface area contributed by atoms with E-state index in [0.717, 1.165) is 72.6 Å². The first kappa shape index (κ1) is 21.5. The van der Waals surface area contributed by atoms with Crippen LogP contribution in [0.4, 0.5) is 5.95 Å². The van der Waals surface area contributed by atoms with E-state index in [4.69, 9.17) is 4.74 Å². The summed E-state index contributed by atoms with van der Waals surface area (Å²) in [6.45, 7) is 7.83. The van der Waals surface area contributed by atoms with Crippen molar-refractivity contribution in [3.05, 3.63) is 36.0 Å². The van der Waals surface area contributed by atoms with Crippen LogP contribution in [0.15, 0.2) is 35.6 Å². The van der Waals surface area contributed by atoms with Crippen molar-refractivity contribution in [2.45, 2.75) is 62.6 Å². The summed E-state index contributed by atoms with van der Waals surface area (Å²) in [7, 11) is 0. The minimum atomic E-state index is -0.268. The van der Waals surface area contributed by atoms with E-state index in [1.807, 2.05) is 37.4 Å². The van der Waals surface area contributed by atoms with Gasteiger partial charge in [-0.05, 0) is 44.6 Å². The Balaban J connectivity index is 1.38. The maximum Gasteiger partial charge on any atom is 0.228 e. The Labute approximate surface area is 192 Å². The molecule has 2 aliphatic rings. The quantitative estimate of drug-likeness (QED) is 0.418. The Morgan fingerprint density at radius 1 is 1.25 bits per heavy atom. The van der Waals surface area contributed by atoms with Crippen LogP contribution in [0.3, 0.4) is 0 Å². The fourth-order valence-corrected chi connectivity index (χ4v) is 5.59. The van der Waals surface area contributed by atoms with Crippen molar-refractivity contribution in [1.82, 2.24) is 19.7 Å². The number of anilines is 1. The molecule has 2 fully saturated rings. The molecule has 0 amide bonds. The number of aromatic amines is 1. The van der Waals surface area contributed by atoms with Crippen LogP contribution < -0.4 is 4.90 Å². The number of carbonyl (C=O) groups is 1. The highest BCUT2D eigenvalue weighted by molar-refractivity contribution is 8.00. The molecule has 5 rings (SSSR count). The van der Waals surface area contributed by atoms with E-state index >= 15 is 0 Å². The van der Waals surface area contributed by atoms with Gasteiger partial charge >= 0.3 is 0 Å². The van der Waals surface area contributed by atoms with Crippen molar-refractivity contribution < 1.29 is 9.53 Å². The molecular formula is C24H31N5O2S. The highest BCUT2D eigenvalue weighted by Gasteiger charge is 2.28. The summed E-state index contributed by atoms with van der Waals surface area (Å²) in [6, 6.07) is 7.93. The number of rotatable bonds is 7. The van der Waals surface area contributed by atoms with Crippen molar-refractivity contribution in [1.29, 1.82) is 0 Å². The highest BCUT2D eigenvalue weighted by atomic mass is 32.2. The van der Waals surface area contributed by atoms with E-state index in [-0.39, 0.29) is 17.1 Å². The number of hydrogen-bond acceptors (Lipinski definition) is 6. The first-order chi connectivity index (χ1) is 15.6. The van der Waals surface area contributed by atoms with Gasteiger partial charge in [-0.1, -0.05) is 36.9 Å². The van der Waals surface area contributed by atoms with Crippen LogP contribution in [0.25, 0.3) is 10.9 Å². The largest absolute Gasteiger partial charge is 0.376 e. The molecule has 4 heterocycles. The lowest BCUT2D eigenvalue weighted by Gasteiger charge is -2.31. The van der Waals surface area contributed by atoms with Gasteiger partial charge in [0.2, 0.25) is 5.95 Å². The number of piperidine rings is 1. The number of nitrogens with zero attached hydrogens (tertiary/aromatic N) is 4. The lowest BCUT2D eigenvalue weighted by Crippen LogP contribution is -2.35. The number of para-hydroxylation sites is 1. The summed E-state index contributed by atoms with van der Waals surface area (Å²) in [5.74, 6) is 1.78. The molecule has 7 nitrogen and oxygen atoms in total. The molecule has 8 heteroatoms. The van der Waals surface area contributed by atoms with Gasteiger partial charge < -0.3 is 14.6 Å². The summed E-state index contributed by atoms with van der Waals surface area (Å²) >= 11 is 1.50. The van der Waals surface area contributed by atoms with Crippen LogP contribution in [-0.2, 0) is 11.3 Å². The number of aromatic nitrogens is 4. The third-order valence-electron chi connectivity index (χ3n) is 6.68. The fourth-order valence-electron chi connectivity index (χ4n) is 4.67. The van der Waals surface area contributed by atoms with Gasteiger partial charge in [-0.3, -0.25) is 9.36 Å². The van der Waals surface area contributed by atoms with Gasteiger partial charge in [0.25, 0.3) is 0 Å². The van der Waals surface area contributed by atoms with Crippen LogP contribution in [0.1, 0.15) is 49.9 Å². The molecule has 2 saturated heterocycles. The molecule has 3 aromatic rings. The maximum atomic E-state index is 13.3. The van der Waals surface area contributed by atoms with E-state index in [1.165, 1.54) is 24.6 Å². The van der Waals surface area contributed by atoms with E-state index in [1.54, 1.807) is 0 Å². The molecule has 0 spiro atoms. The molecular weight excluding hydrogens is 422 g/mol. The number of fused-ring (bicyclic) bond motifs is 1. The molecule has 1 N–H and O–H groups in total. The summed E-state index contributed by atoms with van der Waals surface area (Å²) in [5.41, 5.74) is 1.72. The predicted molar refractivity (Wildman–Crippen MR) is 128 cm³/mol. The van der Waals surface area contributed by atoms with Gasteiger partial charge in [-0.2, -0.15) is 0 Å². The van der Waals surface area contributed by atoms with E-state index in [9.17, 15) is 4.79 Å². The van der Waals surface area contributed by atoms with Crippen LogP contribution in [0, 0.1) is 5.92 Å². The molecule has 0 aliphatic carbocycles. The zero-order valence-corrected chi connectivity index (χ0v) is 19.6.